The van der Waals surface area contributed by atoms with E-state index >= 15 is 0 Å². The average Bonchev–Trinajstić information content (AvgIpc) is 1.87. The first kappa shape index (κ1) is 12.6. The number of hydrogen-bond acceptors (Lipinski definition) is 3. The van der Waals surface area contributed by atoms with E-state index in [1.165, 1.54) is 0 Å². The van der Waals surface area contributed by atoms with Crippen molar-refractivity contribution in [2.75, 3.05) is 5.33 Å². The summed E-state index contributed by atoms with van der Waals surface area (Å²) in [7, 11) is 0. The molecule has 0 spiro atoms. The number of carbonyl (C=O) groups excluding carboxylic acids is 1. The zero-order chi connectivity index (χ0) is 9.28. The second-order valence-electron chi connectivity index (χ2n) is 1.07. The number of hydrogen-bond donors (Lipinski definition) is 2. The second-order valence-corrected chi connectivity index (χ2v) is 1.63. The first-order valence-corrected chi connectivity index (χ1v) is 3.45. The van der Waals surface area contributed by atoms with E-state index < -0.39 is 6.16 Å². The molecule has 2 N–H and O–H groups in total. The third-order valence-electron chi connectivity index (χ3n) is 0.324. The van der Waals surface area contributed by atoms with Crippen LogP contribution in [0.25, 0.3) is 0 Å². The van der Waals surface area contributed by atoms with Crippen molar-refractivity contribution in [2.24, 2.45) is 0 Å². The summed E-state index contributed by atoms with van der Waals surface area (Å²) in [5, 5.41) is 14.2. The fourth-order valence-corrected chi connectivity index (χ4v) is 0.257. The summed E-state index contributed by atoms with van der Waals surface area (Å²) in [5.41, 5.74) is 0. The molecule has 0 radical (unpaired) electrons. The van der Waals surface area contributed by atoms with E-state index in [0.29, 0.717) is 0 Å². The zero-order valence-corrected chi connectivity index (χ0v) is 7.07. The van der Waals surface area contributed by atoms with E-state index in [2.05, 4.69) is 27.2 Å². The van der Waals surface area contributed by atoms with Crippen LogP contribution in [0.3, 0.4) is 0 Å². The molecule has 5 nitrogen and oxygen atoms in total. The van der Waals surface area contributed by atoms with Gasteiger partial charge in [-0.05, 0) is 0 Å². The smallest absolute Gasteiger partial charge is 0.450 e. The summed E-state index contributed by atoms with van der Waals surface area (Å²) >= 11 is 2.89. The lowest BCUT2D eigenvalue weighted by Gasteiger charge is -1.87. The first-order valence-electron chi connectivity index (χ1n) is 2.32. The van der Waals surface area contributed by atoms with Crippen LogP contribution in [0.1, 0.15) is 0 Å². The summed E-state index contributed by atoms with van der Waals surface area (Å²) in [4.78, 5) is 18.6. The molecular formula is C5H7BrO5. The zero-order valence-electron chi connectivity index (χ0n) is 5.49. The normalized spacial score (nSPS) is 7.00. The topological polar surface area (TPSA) is 83.8 Å². The summed E-state index contributed by atoms with van der Waals surface area (Å²) in [6, 6.07) is 0. The molecule has 0 aromatic rings. The van der Waals surface area contributed by atoms with Gasteiger partial charge in [0, 0.05) is 0 Å². The SMILES string of the molecule is C=COC(=O)CBr.O=C(O)O. The van der Waals surface area contributed by atoms with Crippen molar-refractivity contribution >= 4 is 28.1 Å². The third kappa shape index (κ3) is 27.7. The molecule has 0 aliphatic heterocycles. The van der Waals surface area contributed by atoms with Gasteiger partial charge in [-0.15, -0.1) is 0 Å². The Morgan fingerprint density at radius 3 is 2.00 bits per heavy atom. The molecule has 6 heteroatoms. The Labute approximate surface area is 71.4 Å². The monoisotopic (exact) mass is 226 g/mol. The average molecular weight is 227 g/mol. The highest BCUT2D eigenvalue weighted by Gasteiger charge is 1.91. The van der Waals surface area contributed by atoms with Crippen LogP contribution in [-0.2, 0) is 9.53 Å². The van der Waals surface area contributed by atoms with Crippen LogP contribution < -0.4 is 0 Å². The lowest BCUT2D eigenvalue weighted by Crippen LogP contribution is -1.98. The molecule has 0 aliphatic carbocycles. The lowest BCUT2D eigenvalue weighted by molar-refractivity contribution is -0.134. The van der Waals surface area contributed by atoms with Gasteiger partial charge in [-0.2, -0.15) is 0 Å². The summed E-state index contributed by atoms with van der Waals surface area (Å²) in [6.07, 6.45) is -0.733. The van der Waals surface area contributed by atoms with E-state index in [1.54, 1.807) is 0 Å². The maximum atomic E-state index is 10.1. The van der Waals surface area contributed by atoms with Gasteiger partial charge in [0.2, 0.25) is 0 Å². The van der Waals surface area contributed by atoms with Gasteiger partial charge in [0.05, 0.1) is 6.26 Å². The van der Waals surface area contributed by atoms with Crippen LogP contribution in [0.15, 0.2) is 12.8 Å². The molecule has 0 rings (SSSR count). The summed E-state index contributed by atoms with van der Waals surface area (Å²) in [5.74, 6) is -0.324. The van der Waals surface area contributed by atoms with Gasteiger partial charge in [-0.3, -0.25) is 4.79 Å². The Morgan fingerprint density at radius 2 is 1.91 bits per heavy atom. The van der Waals surface area contributed by atoms with Crippen molar-refractivity contribution in [1.29, 1.82) is 0 Å². The molecule has 0 saturated carbocycles. The Hall–Kier alpha value is -1.04. The molecule has 0 heterocycles. The van der Waals surface area contributed by atoms with Crippen LogP contribution in [0.2, 0.25) is 0 Å². The molecule has 0 bridgehead atoms. The Balaban J connectivity index is 0. The molecule has 0 atom stereocenters. The van der Waals surface area contributed by atoms with Crippen molar-refractivity contribution in [3.63, 3.8) is 0 Å². The molecule has 0 aliphatic rings. The Bertz CT molecular complexity index is 140. The quantitative estimate of drug-likeness (QED) is 0.421. The minimum atomic E-state index is -1.83. The molecular weight excluding hydrogens is 220 g/mol. The van der Waals surface area contributed by atoms with Gasteiger partial charge in [0.1, 0.15) is 5.33 Å². The van der Waals surface area contributed by atoms with Gasteiger partial charge < -0.3 is 14.9 Å². The van der Waals surface area contributed by atoms with Crippen molar-refractivity contribution in [1.82, 2.24) is 0 Å². The third-order valence-corrected chi connectivity index (χ3v) is 0.782. The Kier molecular flexibility index (Phi) is 10.3. The standard InChI is InChI=1S/C4H5BrO2.CH2O3/c1-2-7-4(6)3-5;2-1(3)4/h2H,1,3H2;(H2,2,3,4). The van der Waals surface area contributed by atoms with Gasteiger partial charge in [0.25, 0.3) is 0 Å². The number of carbonyl (C=O) groups is 2. The first-order chi connectivity index (χ1) is 5.04. The molecule has 0 amide bonds. The lowest BCUT2D eigenvalue weighted by atomic mass is 10.8. The molecule has 0 aromatic heterocycles. The molecule has 0 fully saturated rings. The van der Waals surface area contributed by atoms with Gasteiger partial charge in [0.15, 0.2) is 0 Å². The van der Waals surface area contributed by atoms with Gasteiger partial charge >= 0.3 is 12.1 Å². The van der Waals surface area contributed by atoms with Crippen molar-refractivity contribution in [3.8, 4) is 0 Å². The molecule has 64 valence electrons. The minimum absolute atomic E-state index is 0.221. The number of esters is 1. The number of alkyl halides is 1. The maximum absolute atomic E-state index is 10.1. The van der Waals surface area contributed by atoms with E-state index in [-0.39, 0.29) is 11.3 Å². The largest absolute Gasteiger partial charge is 0.503 e. The van der Waals surface area contributed by atoms with E-state index in [0.717, 1.165) is 6.26 Å². The number of ether oxygens (including phenoxy) is 1. The number of carboxylic acid groups (broad SMARTS) is 2. The van der Waals surface area contributed by atoms with Gasteiger partial charge in [-0.1, -0.05) is 22.5 Å². The molecule has 0 unspecified atom stereocenters. The van der Waals surface area contributed by atoms with E-state index in [1.807, 2.05) is 0 Å². The second kappa shape index (κ2) is 8.96. The Morgan fingerprint density at radius 1 is 1.55 bits per heavy atom. The molecule has 0 saturated heterocycles. The van der Waals surface area contributed by atoms with E-state index in [4.69, 9.17) is 15.0 Å². The van der Waals surface area contributed by atoms with Crippen LogP contribution in [0, 0.1) is 0 Å². The highest BCUT2D eigenvalue weighted by Crippen LogP contribution is 1.83. The van der Waals surface area contributed by atoms with Crippen molar-refractivity contribution in [3.05, 3.63) is 12.8 Å². The summed E-state index contributed by atoms with van der Waals surface area (Å²) < 4.78 is 4.27. The summed E-state index contributed by atoms with van der Waals surface area (Å²) in [6.45, 7) is 3.18. The van der Waals surface area contributed by atoms with Crippen LogP contribution in [0.4, 0.5) is 4.79 Å². The molecule has 0 aromatic carbocycles. The van der Waals surface area contributed by atoms with E-state index in [9.17, 15) is 4.79 Å². The maximum Gasteiger partial charge on any atom is 0.503 e. The number of halogens is 1. The predicted molar refractivity (Wildman–Crippen MR) is 40.7 cm³/mol. The van der Waals surface area contributed by atoms with Crippen LogP contribution in [0.5, 0.6) is 0 Å². The molecule has 11 heavy (non-hydrogen) atoms. The van der Waals surface area contributed by atoms with Gasteiger partial charge in [-0.25, -0.2) is 4.79 Å². The minimum Gasteiger partial charge on any atom is -0.450 e. The predicted octanol–water partition coefficient (Wildman–Crippen LogP) is 1.29. The van der Waals surface area contributed by atoms with Crippen molar-refractivity contribution < 1.29 is 24.5 Å². The van der Waals surface area contributed by atoms with Crippen LogP contribution >= 0.6 is 15.9 Å². The fourth-order valence-electron chi connectivity index (χ4n) is 0.124. The number of rotatable bonds is 2. The highest BCUT2D eigenvalue weighted by atomic mass is 79.9. The van der Waals surface area contributed by atoms with Crippen LogP contribution in [-0.4, -0.2) is 27.7 Å². The fraction of sp³-hybridized carbons (Fsp3) is 0.200. The highest BCUT2D eigenvalue weighted by molar-refractivity contribution is 9.09. The van der Waals surface area contributed by atoms with Crippen molar-refractivity contribution in [2.45, 2.75) is 0 Å².